The monoisotopic (exact) mass is 320 g/mol. The second-order valence-electron chi connectivity index (χ2n) is 5.07. The lowest BCUT2D eigenvalue weighted by Gasteiger charge is -2.19. The van der Waals surface area contributed by atoms with Gasteiger partial charge in [-0.3, -0.25) is 13.9 Å². The highest BCUT2D eigenvalue weighted by Crippen LogP contribution is 2.22. The van der Waals surface area contributed by atoms with Gasteiger partial charge in [0.2, 0.25) is 0 Å². The van der Waals surface area contributed by atoms with Crippen molar-refractivity contribution < 1.29 is 8.78 Å². The van der Waals surface area contributed by atoms with E-state index in [1.807, 2.05) is 0 Å². The Labute approximate surface area is 130 Å². The summed E-state index contributed by atoms with van der Waals surface area (Å²) in [7, 11) is 2.65. The Hall–Kier alpha value is -2.95. The van der Waals surface area contributed by atoms with Crippen molar-refractivity contribution in [2.45, 2.75) is 13.0 Å². The number of anilines is 1. The van der Waals surface area contributed by atoms with Crippen LogP contribution < -0.4 is 16.6 Å². The maximum absolute atomic E-state index is 13.8. The predicted molar refractivity (Wildman–Crippen MR) is 80.0 cm³/mol. The molecular formula is C15H14F2N4O2. The fourth-order valence-electron chi connectivity index (χ4n) is 2.25. The number of benzene rings is 1. The summed E-state index contributed by atoms with van der Waals surface area (Å²) in [5.41, 5.74) is -1.49. The molecular weight excluding hydrogens is 306 g/mol. The van der Waals surface area contributed by atoms with Gasteiger partial charge in [-0.05, 0) is 13.0 Å². The van der Waals surface area contributed by atoms with Gasteiger partial charge in [0.25, 0.3) is 5.56 Å². The van der Waals surface area contributed by atoms with Gasteiger partial charge in [-0.1, -0.05) is 6.07 Å². The highest BCUT2D eigenvalue weighted by molar-refractivity contribution is 5.52. The van der Waals surface area contributed by atoms with Gasteiger partial charge in [0, 0.05) is 25.7 Å². The number of halogens is 2. The first-order valence-electron chi connectivity index (χ1n) is 6.69. The van der Waals surface area contributed by atoms with Gasteiger partial charge in [0.05, 0.1) is 6.04 Å². The number of hydrogen-bond acceptors (Lipinski definition) is 4. The molecule has 2 rings (SSSR count). The first kappa shape index (κ1) is 16.4. The minimum absolute atomic E-state index is 0.0168. The summed E-state index contributed by atoms with van der Waals surface area (Å²) < 4.78 is 28.7. The molecule has 1 aromatic carbocycles. The van der Waals surface area contributed by atoms with Gasteiger partial charge in [0.1, 0.15) is 23.5 Å². The predicted octanol–water partition coefficient (Wildman–Crippen LogP) is 1.41. The molecule has 1 aromatic heterocycles. The first-order chi connectivity index (χ1) is 10.8. The quantitative estimate of drug-likeness (QED) is 0.927. The van der Waals surface area contributed by atoms with E-state index in [9.17, 15) is 23.6 Å². The summed E-state index contributed by atoms with van der Waals surface area (Å²) in [5.74, 6) is -1.49. The molecule has 0 aliphatic rings. The molecule has 0 aliphatic carbocycles. The Morgan fingerprint density at radius 2 is 1.87 bits per heavy atom. The molecule has 1 N–H and O–H groups in total. The molecule has 0 spiro atoms. The largest absolute Gasteiger partial charge is 0.363 e. The van der Waals surface area contributed by atoms with E-state index >= 15 is 0 Å². The number of nitrogens with one attached hydrogen (secondary N) is 1. The van der Waals surface area contributed by atoms with E-state index in [0.29, 0.717) is 0 Å². The van der Waals surface area contributed by atoms with Crippen LogP contribution in [0, 0.1) is 23.0 Å². The van der Waals surface area contributed by atoms with E-state index in [1.54, 1.807) is 13.0 Å². The van der Waals surface area contributed by atoms with Crippen LogP contribution in [0.3, 0.4) is 0 Å². The summed E-state index contributed by atoms with van der Waals surface area (Å²) >= 11 is 0. The molecule has 0 aliphatic heterocycles. The van der Waals surface area contributed by atoms with Gasteiger partial charge in [-0.2, -0.15) is 5.26 Å². The smallest absolute Gasteiger partial charge is 0.332 e. The standard InChI is InChI=1S/C15H14F2N4O2/c1-8(10-5-4-9(16)6-12(10)17)19-13-11(7-18)14(22)21(3)15(23)20(13)2/h4-6,8,19H,1-3H3. The second-order valence-corrected chi connectivity index (χ2v) is 5.07. The molecule has 0 saturated heterocycles. The zero-order valence-corrected chi connectivity index (χ0v) is 12.7. The van der Waals surface area contributed by atoms with Crippen molar-refractivity contribution in [1.29, 1.82) is 5.26 Å². The van der Waals surface area contributed by atoms with Crippen LogP contribution in [0.4, 0.5) is 14.6 Å². The number of hydrogen-bond donors (Lipinski definition) is 1. The van der Waals surface area contributed by atoms with Gasteiger partial charge >= 0.3 is 5.69 Å². The molecule has 1 unspecified atom stereocenters. The molecule has 0 radical (unpaired) electrons. The van der Waals surface area contributed by atoms with E-state index in [4.69, 9.17) is 0 Å². The molecule has 1 atom stereocenters. The van der Waals surface area contributed by atoms with E-state index in [-0.39, 0.29) is 16.9 Å². The molecule has 0 bridgehead atoms. The van der Waals surface area contributed by atoms with Crippen LogP contribution in [-0.2, 0) is 14.1 Å². The summed E-state index contributed by atoms with van der Waals surface area (Å²) in [4.78, 5) is 23.9. The van der Waals surface area contributed by atoms with E-state index in [2.05, 4.69) is 5.32 Å². The zero-order chi connectivity index (χ0) is 17.3. The number of rotatable bonds is 3. The van der Waals surface area contributed by atoms with E-state index < -0.39 is 28.9 Å². The highest BCUT2D eigenvalue weighted by Gasteiger charge is 2.19. The molecule has 23 heavy (non-hydrogen) atoms. The first-order valence-corrected chi connectivity index (χ1v) is 6.69. The molecule has 6 nitrogen and oxygen atoms in total. The molecule has 120 valence electrons. The lowest BCUT2D eigenvalue weighted by Crippen LogP contribution is -2.40. The van der Waals surface area contributed by atoms with Crippen LogP contribution in [0.15, 0.2) is 27.8 Å². The van der Waals surface area contributed by atoms with Crippen LogP contribution in [0.1, 0.15) is 24.1 Å². The normalized spacial score (nSPS) is 11.8. The number of nitrogens with zero attached hydrogens (tertiary/aromatic N) is 3. The SMILES string of the molecule is CC(Nc1c(C#N)c(=O)n(C)c(=O)n1C)c1ccc(F)cc1F. The number of aromatic nitrogens is 2. The van der Waals surface area contributed by atoms with Crippen molar-refractivity contribution in [3.8, 4) is 6.07 Å². The van der Waals surface area contributed by atoms with Crippen molar-refractivity contribution in [1.82, 2.24) is 9.13 Å². The van der Waals surface area contributed by atoms with Crippen LogP contribution in [0.5, 0.6) is 0 Å². The molecule has 0 fully saturated rings. The van der Waals surface area contributed by atoms with Gasteiger partial charge in [-0.25, -0.2) is 13.6 Å². The maximum atomic E-state index is 13.8. The third kappa shape index (κ3) is 2.85. The Morgan fingerprint density at radius 3 is 2.43 bits per heavy atom. The minimum Gasteiger partial charge on any atom is -0.363 e. The number of nitriles is 1. The summed E-state index contributed by atoms with van der Waals surface area (Å²) in [5, 5.41) is 12.0. The average molecular weight is 320 g/mol. The zero-order valence-electron chi connectivity index (χ0n) is 12.7. The Bertz CT molecular complexity index is 925. The fraction of sp³-hybridized carbons (Fsp3) is 0.267. The van der Waals surface area contributed by atoms with E-state index in [0.717, 1.165) is 21.3 Å². The van der Waals surface area contributed by atoms with Crippen LogP contribution in [-0.4, -0.2) is 9.13 Å². The van der Waals surface area contributed by atoms with Crippen LogP contribution >= 0.6 is 0 Å². The molecule has 1 heterocycles. The van der Waals surface area contributed by atoms with Crippen molar-refractivity contribution in [3.05, 3.63) is 61.8 Å². The molecule has 0 amide bonds. The third-order valence-electron chi connectivity index (χ3n) is 3.56. The topological polar surface area (TPSA) is 79.8 Å². The van der Waals surface area contributed by atoms with Crippen LogP contribution in [0.25, 0.3) is 0 Å². The second kappa shape index (κ2) is 6.04. The summed E-state index contributed by atoms with van der Waals surface area (Å²) in [6, 6.07) is 4.15. The van der Waals surface area contributed by atoms with Gasteiger partial charge in [-0.15, -0.1) is 0 Å². The van der Waals surface area contributed by atoms with Crippen LogP contribution in [0.2, 0.25) is 0 Å². The molecule has 0 saturated carbocycles. The minimum atomic E-state index is -0.766. The molecule has 8 heteroatoms. The summed E-state index contributed by atoms with van der Waals surface area (Å²) in [6.07, 6.45) is 0. The average Bonchev–Trinajstić information content (AvgIpc) is 2.50. The van der Waals surface area contributed by atoms with Gasteiger partial charge < -0.3 is 5.32 Å². The van der Waals surface area contributed by atoms with E-state index in [1.165, 1.54) is 20.2 Å². The lowest BCUT2D eigenvalue weighted by molar-refractivity contribution is 0.565. The third-order valence-corrected chi connectivity index (χ3v) is 3.56. The maximum Gasteiger partial charge on any atom is 0.332 e. The molecule has 2 aromatic rings. The lowest BCUT2D eigenvalue weighted by atomic mass is 10.1. The Balaban J connectivity index is 2.54. The van der Waals surface area contributed by atoms with Gasteiger partial charge in [0.15, 0.2) is 5.56 Å². The van der Waals surface area contributed by atoms with Crippen molar-refractivity contribution in [3.63, 3.8) is 0 Å². The highest BCUT2D eigenvalue weighted by atomic mass is 19.1. The fourth-order valence-corrected chi connectivity index (χ4v) is 2.25. The summed E-state index contributed by atoms with van der Waals surface area (Å²) in [6.45, 7) is 1.57. The van der Waals surface area contributed by atoms with Crippen molar-refractivity contribution >= 4 is 5.82 Å². The Morgan fingerprint density at radius 1 is 1.22 bits per heavy atom. The van der Waals surface area contributed by atoms with Crippen molar-refractivity contribution in [2.75, 3.05) is 5.32 Å². The Kier molecular flexibility index (Phi) is 4.31. The van der Waals surface area contributed by atoms with Crippen molar-refractivity contribution in [2.24, 2.45) is 14.1 Å².